The van der Waals surface area contributed by atoms with Crippen LogP contribution in [0.4, 0.5) is 14.4 Å². The minimum Gasteiger partial charge on any atom is -0.508 e. The Labute approximate surface area is 683 Å². The number of thiazole rings is 1. The number of amides is 12. The number of aliphatic carboxylic acids is 4. The van der Waals surface area contributed by atoms with E-state index < -0.39 is 127 Å². The normalized spacial score (nSPS) is 15.1. The molecule has 2 aromatic carbocycles. The fourth-order valence-corrected chi connectivity index (χ4v) is 14.9. The third kappa shape index (κ3) is 39.1. The van der Waals surface area contributed by atoms with Gasteiger partial charge < -0.3 is 87.8 Å². The molecule has 3 aromatic rings. The first-order valence-corrected chi connectivity index (χ1v) is 42.4. The number of carboxylic acid groups (broad SMARTS) is 4. The molecule has 38 heteroatoms. The summed E-state index contributed by atoms with van der Waals surface area (Å²) in [6.45, 7) is 15.2. The Balaban J connectivity index is 1.20. The molecule has 1 aliphatic heterocycles. The summed E-state index contributed by atoms with van der Waals surface area (Å²) in [5, 5.41) is 73.1. The smallest absolute Gasteiger partial charge is 0.426 e. The van der Waals surface area contributed by atoms with Crippen molar-refractivity contribution in [2.24, 2.45) is 17.8 Å². The number of likely N-dealkylation sites (tertiary alicyclic amines) is 1. The average Bonchev–Trinajstić information content (AvgIpc) is 1.44. The molecular formula is C77H118N14O21S3. The number of carbonyl (C=O) groups is 14. The molecule has 10 atom stereocenters. The van der Waals surface area contributed by atoms with E-state index in [2.05, 4.69) is 70.5 Å². The third-order valence-corrected chi connectivity index (χ3v) is 22.3. The average molecular weight is 1670 g/mol. The van der Waals surface area contributed by atoms with Gasteiger partial charge in [0.15, 0.2) is 0 Å². The molecule has 0 spiro atoms. The molecule has 5 unspecified atom stereocenters. The van der Waals surface area contributed by atoms with Gasteiger partial charge in [-0.3, -0.25) is 58.3 Å². The van der Waals surface area contributed by atoms with Crippen LogP contribution in [0.1, 0.15) is 190 Å². The van der Waals surface area contributed by atoms with Crippen LogP contribution >= 0.6 is 32.9 Å². The van der Waals surface area contributed by atoms with E-state index in [4.69, 9.17) is 19.6 Å². The van der Waals surface area contributed by atoms with Crippen molar-refractivity contribution < 1.29 is 102 Å². The van der Waals surface area contributed by atoms with Crippen LogP contribution in [0.3, 0.4) is 0 Å². The molecule has 12 amide bonds. The lowest BCUT2D eigenvalue weighted by Gasteiger charge is -2.39. The maximum absolute atomic E-state index is 14.9. The number of hydrogen-bond acceptors (Lipinski definition) is 22. The number of carboxylic acids is 4. The topological polar surface area (TPSA) is 510 Å². The van der Waals surface area contributed by atoms with Gasteiger partial charge in [-0.25, -0.2) is 29.6 Å². The number of nitrogens with one attached hydrogen (secondary N) is 11. The molecule has 115 heavy (non-hydrogen) atoms. The zero-order valence-electron chi connectivity index (χ0n) is 66.9. The predicted molar refractivity (Wildman–Crippen MR) is 432 cm³/mol. The van der Waals surface area contributed by atoms with Crippen molar-refractivity contribution in [1.82, 2.24) is 73.5 Å². The van der Waals surface area contributed by atoms with Gasteiger partial charge in [-0.1, -0.05) is 132 Å². The number of aromatic nitrogens is 1. The largest absolute Gasteiger partial charge is 0.508 e. The number of benzene rings is 2. The number of piperidine rings is 1. The van der Waals surface area contributed by atoms with E-state index in [-0.39, 0.29) is 117 Å². The summed E-state index contributed by atoms with van der Waals surface area (Å²) in [6, 6.07) is 4.48. The Kier molecular flexibility index (Phi) is 45.6. The van der Waals surface area contributed by atoms with Crippen LogP contribution in [-0.4, -0.2) is 230 Å². The maximum Gasteiger partial charge on any atom is 0.426 e. The van der Waals surface area contributed by atoms with Crippen molar-refractivity contribution in [1.29, 1.82) is 0 Å². The number of rotatable bonds is 54. The number of urea groups is 2. The molecule has 1 aromatic heterocycles. The lowest BCUT2D eigenvalue weighted by atomic mass is 9.93. The Morgan fingerprint density at radius 3 is 1.98 bits per heavy atom. The van der Waals surface area contributed by atoms with E-state index in [1.807, 2.05) is 34.7 Å². The van der Waals surface area contributed by atoms with Crippen molar-refractivity contribution >= 4 is 116 Å². The van der Waals surface area contributed by atoms with E-state index in [9.17, 15) is 87.5 Å². The fourth-order valence-electron chi connectivity index (χ4n) is 12.4. The minimum absolute atomic E-state index is 0.0169. The van der Waals surface area contributed by atoms with Crippen LogP contribution in [-0.2, 0) is 83.2 Å². The zero-order valence-corrected chi connectivity index (χ0v) is 69.3. The molecule has 4 rings (SSSR count). The number of hydrogen-bond donors (Lipinski definition) is 16. The zero-order chi connectivity index (χ0) is 84.9. The summed E-state index contributed by atoms with van der Waals surface area (Å²) < 4.78 is 11.4. The first kappa shape index (κ1) is 97.8. The van der Waals surface area contributed by atoms with Crippen LogP contribution in [0.15, 0.2) is 53.9 Å². The summed E-state index contributed by atoms with van der Waals surface area (Å²) in [4.78, 5) is 188. The van der Waals surface area contributed by atoms with E-state index in [1.54, 1.807) is 60.5 Å². The second kappa shape index (κ2) is 53.6. The second-order valence-corrected chi connectivity index (χ2v) is 32.6. The van der Waals surface area contributed by atoms with Gasteiger partial charge in [-0.05, 0) is 125 Å². The monoisotopic (exact) mass is 1670 g/mol. The number of phenolic OH excluding ortho intramolecular Hbond substituents is 1. The van der Waals surface area contributed by atoms with Crippen LogP contribution in [0.25, 0.3) is 0 Å². The number of nitrogens with zero attached hydrogens (tertiary/aromatic N) is 3. The maximum atomic E-state index is 14.9. The highest BCUT2D eigenvalue weighted by Gasteiger charge is 2.38. The van der Waals surface area contributed by atoms with Crippen LogP contribution in [0.2, 0.25) is 0 Å². The Morgan fingerprint density at radius 2 is 1.33 bits per heavy atom. The number of hydrazine groups is 1. The van der Waals surface area contributed by atoms with Crippen LogP contribution < -0.4 is 58.7 Å². The molecule has 1 fully saturated rings. The van der Waals surface area contributed by atoms with Gasteiger partial charge in [0.2, 0.25) is 35.4 Å². The SMILES string of the molecule is CCCCCCOCN(C(=O)C(NC(=O)C1CCCCN1C)C(C)CC)[C@H](CCc1nc(C(=O)N[C@@H](Cc2ccc(O)cc2)CC(C)C(=O)NNC(=O)OCCSSCCNC(=O)[C@H](CC(=O)O)NC(=O)C(CC(=O)O)NC(=O)Cc2ccc(CNC(=O)NCCCC[C@@H](C)NC(=O)N[C@@H](CCC(=O)O)C(=O)O)cc2)cs1)C(C)C. The van der Waals surface area contributed by atoms with Crippen LogP contribution in [0.5, 0.6) is 5.75 Å². The number of likely N-dealkylation sites (N-methyl/N-ethyl adjacent to an activating group) is 1. The van der Waals surface area contributed by atoms with Crippen molar-refractivity contribution in [3.8, 4) is 5.75 Å². The standard InChI is InChI=1S/C77H118N14O21S3/c1-9-11-12-17-35-111-46-91(73(105)67(48(5)10-2)87-72(104)61-19-14-16-34-90(61)8)60(47(3)4)29-30-63-84-59(45-113-63)71(103)82-54(40-51-24-26-55(92)27-25-51)39-49(6)68(100)88-89-77(110)112-36-38-115-114-37-33-78-69(101)57(42-65(96)97)85-70(102)58(43-66(98)99)83-62(93)41-52-20-22-53(23-21-52)44-80-75(108)79-32-15-13-18-50(7)81-76(109)86-56(74(106)107)28-31-64(94)95/h20-27,45,47-50,54,56-58,60-61,67,92H,9-19,28-44,46H2,1-8H3,(H,78,101)(H,82,103)(H,83,93)(H,85,102)(H,87,104)(H,88,100)(H,89,110)(H,94,95)(H,96,97)(H,98,99)(H,106,107)(H2,79,80,108)(H2,81,86,109)/t48?,49?,50-,54-,56+,57+,58?,60-,61?,67?/m1/s1. The van der Waals surface area contributed by atoms with Gasteiger partial charge in [-0.15, -0.1) is 11.3 Å². The van der Waals surface area contributed by atoms with Gasteiger partial charge in [-0.2, -0.15) is 0 Å². The first-order valence-electron chi connectivity index (χ1n) is 39.1. The quantitative estimate of drug-likeness (QED) is 0.0134. The molecule has 35 nitrogen and oxygen atoms in total. The third-order valence-electron chi connectivity index (χ3n) is 19.1. The lowest BCUT2D eigenvalue weighted by molar-refractivity contribution is -0.148. The van der Waals surface area contributed by atoms with Crippen molar-refractivity contribution in [2.75, 3.05) is 58.1 Å². The van der Waals surface area contributed by atoms with Crippen molar-refractivity contribution in [3.05, 3.63) is 81.3 Å². The molecule has 640 valence electrons. The fraction of sp³-hybridized carbons (Fsp3) is 0.623. The molecule has 1 aliphatic rings. The van der Waals surface area contributed by atoms with E-state index >= 15 is 0 Å². The lowest BCUT2D eigenvalue weighted by Crippen LogP contribution is -2.59. The van der Waals surface area contributed by atoms with Gasteiger partial charge >= 0.3 is 42.0 Å². The molecular weight excluding hydrogens is 1550 g/mol. The highest BCUT2D eigenvalue weighted by Crippen LogP contribution is 2.26. The summed E-state index contributed by atoms with van der Waals surface area (Å²) in [5.41, 5.74) is 6.60. The number of aromatic hydroxyl groups is 1. The molecule has 16 N–H and O–H groups in total. The molecule has 2 heterocycles. The summed E-state index contributed by atoms with van der Waals surface area (Å²) in [7, 11) is 4.44. The molecule has 1 saturated heterocycles. The minimum atomic E-state index is -1.71. The van der Waals surface area contributed by atoms with E-state index in [1.165, 1.54) is 45.1 Å². The number of ether oxygens (including phenoxy) is 2. The van der Waals surface area contributed by atoms with Gasteiger partial charge in [0, 0.05) is 80.0 Å². The van der Waals surface area contributed by atoms with Gasteiger partial charge in [0.25, 0.3) is 5.91 Å². The predicted octanol–water partition coefficient (Wildman–Crippen LogP) is 5.96. The second-order valence-electron chi connectivity index (χ2n) is 28.9. The first-order chi connectivity index (χ1) is 54.8. The Bertz CT molecular complexity index is 3620. The highest BCUT2D eigenvalue weighted by atomic mass is 33.1. The molecule has 0 saturated carbocycles. The Morgan fingerprint density at radius 1 is 0.652 bits per heavy atom. The number of phenols is 1. The summed E-state index contributed by atoms with van der Waals surface area (Å²) in [6.07, 6.45) is 6.47. The van der Waals surface area contributed by atoms with Crippen molar-refractivity contribution in [2.45, 2.75) is 232 Å². The number of aryl methyl sites for hydroxylation is 1. The van der Waals surface area contributed by atoms with E-state index in [0.717, 1.165) is 57.1 Å². The van der Waals surface area contributed by atoms with Gasteiger partial charge in [0.1, 0.15) is 48.9 Å². The summed E-state index contributed by atoms with van der Waals surface area (Å²) in [5.74, 6) is -10.1. The number of unbranched alkanes of at least 4 members (excludes halogenated alkanes) is 4. The number of carbonyl (C=O) groups excluding carboxylic acids is 10. The molecule has 0 radical (unpaired) electrons. The van der Waals surface area contributed by atoms with Crippen LogP contribution in [0, 0.1) is 17.8 Å². The molecule has 0 bridgehead atoms. The molecule has 0 aliphatic carbocycles. The van der Waals surface area contributed by atoms with Crippen molar-refractivity contribution in [3.63, 3.8) is 0 Å². The summed E-state index contributed by atoms with van der Waals surface area (Å²) >= 11 is 1.31. The Hall–Kier alpha value is -9.53. The van der Waals surface area contributed by atoms with E-state index in [0.29, 0.717) is 67.8 Å². The van der Waals surface area contributed by atoms with Gasteiger partial charge in [0.05, 0.1) is 30.3 Å². The highest BCUT2D eigenvalue weighted by molar-refractivity contribution is 8.76.